The summed E-state index contributed by atoms with van der Waals surface area (Å²) in [6, 6.07) is 16.8. The van der Waals surface area contributed by atoms with Crippen LogP contribution in [0.15, 0.2) is 48.5 Å². The molecule has 0 atom stereocenters. The summed E-state index contributed by atoms with van der Waals surface area (Å²) in [5.74, 6) is 0.0907. The van der Waals surface area contributed by atoms with Crippen LogP contribution in [0.1, 0.15) is 28.9 Å². The van der Waals surface area contributed by atoms with Gasteiger partial charge in [-0.25, -0.2) is 9.50 Å². The molecule has 0 bridgehead atoms. The molecule has 0 spiro atoms. The third-order valence-electron chi connectivity index (χ3n) is 7.11. The Balaban J connectivity index is 1.10. The van der Waals surface area contributed by atoms with Crippen molar-refractivity contribution in [1.29, 1.82) is 0 Å². The molecule has 5 rings (SSSR count). The monoisotopic (exact) mass is 470 g/mol. The molecule has 7 heteroatoms. The van der Waals surface area contributed by atoms with E-state index in [1.807, 2.05) is 29.6 Å². The number of aromatic nitrogens is 3. The minimum atomic E-state index is 0.0907. The van der Waals surface area contributed by atoms with E-state index in [1.165, 1.54) is 11.3 Å². The number of aryl methyl sites for hydroxylation is 3. The second-order valence-electron chi connectivity index (χ2n) is 9.53. The normalized spacial score (nSPS) is 14.7. The van der Waals surface area contributed by atoms with Gasteiger partial charge in [-0.05, 0) is 62.6 Å². The lowest BCUT2D eigenvalue weighted by molar-refractivity contribution is -0.121. The quantitative estimate of drug-likeness (QED) is 0.446. The first kappa shape index (κ1) is 23.3. The Kier molecular flexibility index (Phi) is 6.68. The molecule has 7 nitrogen and oxygen atoms in total. The fourth-order valence-electron chi connectivity index (χ4n) is 5.07. The van der Waals surface area contributed by atoms with Gasteiger partial charge in [-0.2, -0.15) is 5.10 Å². The third-order valence-corrected chi connectivity index (χ3v) is 7.11. The lowest BCUT2D eigenvalue weighted by Gasteiger charge is -2.36. The Morgan fingerprint density at radius 2 is 1.80 bits per heavy atom. The summed E-state index contributed by atoms with van der Waals surface area (Å²) in [7, 11) is 0. The first-order chi connectivity index (χ1) is 17.0. The van der Waals surface area contributed by atoms with E-state index in [-0.39, 0.29) is 5.91 Å². The molecule has 1 aliphatic heterocycles. The largest absolute Gasteiger partial charge is 0.369 e. The second-order valence-corrected chi connectivity index (χ2v) is 9.53. The van der Waals surface area contributed by atoms with E-state index in [0.29, 0.717) is 19.4 Å². The van der Waals surface area contributed by atoms with Crippen molar-refractivity contribution in [3.05, 3.63) is 71.0 Å². The summed E-state index contributed by atoms with van der Waals surface area (Å²) >= 11 is 0. The summed E-state index contributed by atoms with van der Waals surface area (Å²) in [5.41, 5.74) is 7.56. The highest BCUT2D eigenvalue weighted by Crippen LogP contribution is 2.23. The number of amides is 1. The summed E-state index contributed by atoms with van der Waals surface area (Å²) < 4.78 is 1.92. The van der Waals surface area contributed by atoms with Gasteiger partial charge < -0.3 is 10.2 Å². The van der Waals surface area contributed by atoms with Crippen LogP contribution < -0.4 is 10.2 Å². The molecular formula is C28H34N6O. The molecule has 0 radical (unpaired) electrons. The van der Waals surface area contributed by atoms with E-state index in [0.717, 1.165) is 66.2 Å². The van der Waals surface area contributed by atoms with Crippen molar-refractivity contribution in [2.24, 2.45) is 0 Å². The van der Waals surface area contributed by atoms with Crippen molar-refractivity contribution in [1.82, 2.24) is 24.8 Å². The molecular weight excluding hydrogens is 436 g/mol. The van der Waals surface area contributed by atoms with E-state index in [4.69, 9.17) is 10.1 Å². The Morgan fingerprint density at radius 1 is 1.00 bits per heavy atom. The van der Waals surface area contributed by atoms with Gasteiger partial charge in [0.1, 0.15) is 0 Å². The SMILES string of the molecule is Cc1cccc(N2CCN(CCNC(=O)CCc3c(C)nc4c5ccccc5nn4c3C)CC2)c1. The van der Waals surface area contributed by atoms with Crippen LogP contribution in [-0.4, -0.2) is 64.7 Å². The predicted octanol–water partition coefficient (Wildman–Crippen LogP) is 3.68. The summed E-state index contributed by atoms with van der Waals surface area (Å²) in [6.45, 7) is 11.9. The third kappa shape index (κ3) is 5.00. The Labute approximate surface area is 206 Å². The standard InChI is InChI=1S/C28H34N6O/c1-20-7-6-8-23(19-20)33-17-15-32(16-18-33)14-13-29-27(35)12-11-24-21(2)30-28-25-9-4-5-10-26(25)31-34(28)22(24)3/h4-10,19H,11-18H2,1-3H3,(H,29,35). The first-order valence-corrected chi connectivity index (χ1v) is 12.5. The molecule has 3 heterocycles. The molecule has 1 N–H and O–H groups in total. The summed E-state index contributed by atoms with van der Waals surface area (Å²) in [6.07, 6.45) is 1.12. The summed E-state index contributed by atoms with van der Waals surface area (Å²) in [5, 5.41) is 8.89. The van der Waals surface area contributed by atoms with Gasteiger partial charge in [-0.3, -0.25) is 9.69 Å². The minimum Gasteiger partial charge on any atom is -0.369 e. The highest BCUT2D eigenvalue weighted by molar-refractivity contribution is 5.92. The number of nitrogens with zero attached hydrogens (tertiary/aromatic N) is 5. The van der Waals surface area contributed by atoms with E-state index in [2.05, 4.69) is 59.3 Å². The number of rotatable bonds is 7. The fourth-order valence-corrected chi connectivity index (χ4v) is 5.07. The summed E-state index contributed by atoms with van der Waals surface area (Å²) in [4.78, 5) is 22.3. The van der Waals surface area contributed by atoms with Crippen LogP contribution in [0.3, 0.4) is 0 Å². The van der Waals surface area contributed by atoms with E-state index in [1.54, 1.807) is 0 Å². The average molecular weight is 471 g/mol. The van der Waals surface area contributed by atoms with Gasteiger partial charge in [0.25, 0.3) is 0 Å². The van der Waals surface area contributed by atoms with Crippen molar-refractivity contribution in [2.75, 3.05) is 44.2 Å². The van der Waals surface area contributed by atoms with Crippen molar-refractivity contribution in [3.63, 3.8) is 0 Å². The number of fused-ring (bicyclic) bond motifs is 3. The van der Waals surface area contributed by atoms with Gasteiger partial charge in [0.2, 0.25) is 5.91 Å². The molecule has 1 aliphatic rings. The number of hydrogen-bond donors (Lipinski definition) is 1. The minimum absolute atomic E-state index is 0.0907. The Bertz CT molecular complexity index is 1350. The zero-order valence-electron chi connectivity index (χ0n) is 20.9. The number of carbonyl (C=O) groups excluding carboxylic acids is 1. The molecule has 182 valence electrons. The molecule has 1 amide bonds. The lowest BCUT2D eigenvalue weighted by atomic mass is 10.1. The van der Waals surface area contributed by atoms with Crippen LogP contribution in [0.25, 0.3) is 16.6 Å². The maximum Gasteiger partial charge on any atom is 0.220 e. The molecule has 1 fully saturated rings. The second kappa shape index (κ2) is 10.0. The number of carbonyl (C=O) groups is 1. The van der Waals surface area contributed by atoms with Gasteiger partial charge in [0, 0.05) is 68.2 Å². The van der Waals surface area contributed by atoms with Crippen LogP contribution in [0.2, 0.25) is 0 Å². The van der Waals surface area contributed by atoms with Crippen LogP contribution in [-0.2, 0) is 11.2 Å². The molecule has 0 unspecified atom stereocenters. The topological polar surface area (TPSA) is 65.8 Å². The zero-order valence-corrected chi connectivity index (χ0v) is 20.9. The average Bonchev–Trinajstić information content (AvgIpc) is 3.23. The number of hydrogen-bond acceptors (Lipinski definition) is 5. The molecule has 4 aromatic rings. The van der Waals surface area contributed by atoms with Gasteiger partial charge in [-0.15, -0.1) is 0 Å². The van der Waals surface area contributed by atoms with Crippen LogP contribution >= 0.6 is 0 Å². The molecule has 2 aromatic heterocycles. The van der Waals surface area contributed by atoms with Crippen LogP contribution in [0.4, 0.5) is 5.69 Å². The van der Waals surface area contributed by atoms with E-state index >= 15 is 0 Å². The highest BCUT2D eigenvalue weighted by atomic mass is 16.1. The van der Waals surface area contributed by atoms with Crippen molar-refractivity contribution in [2.45, 2.75) is 33.6 Å². The van der Waals surface area contributed by atoms with Gasteiger partial charge >= 0.3 is 0 Å². The number of nitrogens with one attached hydrogen (secondary N) is 1. The lowest BCUT2D eigenvalue weighted by Crippen LogP contribution is -2.48. The Morgan fingerprint density at radius 3 is 2.60 bits per heavy atom. The fraction of sp³-hybridized carbons (Fsp3) is 0.393. The van der Waals surface area contributed by atoms with Crippen molar-refractivity contribution >= 4 is 28.1 Å². The maximum absolute atomic E-state index is 12.6. The van der Waals surface area contributed by atoms with Gasteiger partial charge in [-0.1, -0.05) is 24.3 Å². The van der Waals surface area contributed by atoms with Crippen molar-refractivity contribution in [3.8, 4) is 0 Å². The molecule has 35 heavy (non-hydrogen) atoms. The van der Waals surface area contributed by atoms with Gasteiger partial charge in [0.15, 0.2) is 5.65 Å². The van der Waals surface area contributed by atoms with Gasteiger partial charge in [0.05, 0.1) is 5.52 Å². The maximum atomic E-state index is 12.6. The van der Waals surface area contributed by atoms with Crippen LogP contribution in [0, 0.1) is 20.8 Å². The number of piperazine rings is 1. The molecule has 2 aromatic carbocycles. The molecule has 1 saturated heterocycles. The number of benzene rings is 2. The predicted molar refractivity (Wildman–Crippen MR) is 141 cm³/mol. The zero-order chi connectivity index (χ0) is 24.4. The first-order valence-electron chi connectivity index (χ1n) is 12.5. The highest BCUT2D eigenvalue weighted by Gasteiger charge is 2.18. The van der Waals surface area contributed by atoms with Crippen LogP contribution in [0.5, 0.6) is 0 Å². The Hall–Kier alpha value is -3.45. The molecule has 0 aliphatic carbocycles. The smallest absolute Gasteiger partial charge is 0.220 e. The molecule has 0 saturated carbocycles. The van der Waals surface area contributed by atoms with Crippen molar-refractivity contribution < 1.29 is 4.79 Å². The van der Waals surface area contributed by atoms with E-state index < -0.39 is 0 Å². The number of anilines is 1. The van der Waals surface area contributed by atoms with E-state index in [9.17, 15) is 4.79 Å².